The molecule has 12 heavy (non-hydrogen) atoms. The molecule has 0 spiro atoms. The second-order valence-electron chi connectivity index (χ2n) is 2.44. The van der Waals surface area contributed by atoms with Crippen molar-refractivity contribution in [1.29, 1.82) is 0 Å². The molecule has 0 radical (unpaired) electrons. The molecule has 0 aliphatic heterocycles. The fraction of sp³-hybridized carbons (Fsp3) is 0.200. The molecule has 0 saturated heterocycles. The molecule has 0 aliphatic rings. The first kappa shape index (κ1) is 8.78. The van der Waals surface area contributed by atoms with Crippen molar-refractivity contribution in [3.8, 4) is 0 Å². The molecule has 0 N–H and O–H groups in total. The van der Waals surface area contributed by atoms with Crippen molar-refractivity contribution in [2.24, 2.45) is 0 Å². The summed E-state index contributed by atoms with van der Waals surface area (Å²) in [5.74, 6) is 0. The quantitative estimate of drug-likeness (QED) is 0.625. The van der Waals surface area contributed by atoms with E-state index in [1.165, 1.54) is 0 Å². The average molecular weight is 166 g/mol. The lowest BCUT2D eigenvalue weighted by atomic mass is 10.2. The minimum absolute atomic E-state index is 0.347. The van der Waals surface area contributed by atoms with Gasteiger partial charge < -0.3 is 4.74 Å². The van der Waals surface area contributed by atoms with E-state index in [2.05, 4.69) is 11.3 Å². The summed E-state index contributed by atoms with van der Waals surface area (Å²) < 4.78 is 16.6. The summed E-state index contributed by atoms with van der Waals surface area (Å²) in [4.78, 5) is 0. The molecule has 1 nitrogen and oxygen atoms in total. The highest BCUT2D eigenvalue weighted by molar-refractivity contribution is 5.14. The van der Waals surface area contributed by atoms with Gasteiger partial charge in [-0.1, -0.05) is 30.3 Å². The minimum Gasteiger partial charge on any atom is -0.471 e. The highest BCUT2D eigenvalue weighted by Crippen LogP contribution is 2.01. The van der Waals surface area contributed by atoms with E-state index < -0.39 is 6.01 Å². The summed E-state index contributed by atoms with van der Waals surface area (Å²) in [5, 5.41) is 0. The highest BCUT2D eigenvalue weighted by Gasteiger charge is 1.92. The number of benzene rings is 1. The van der Waals surface area contributed by atoms with E-state index in [9.17, 15) is 4.39 Å². The molecule has 1 rings (SSSR count). The first-order chi connectivity index (χ1) is 5.79. The maximum Gasteiger partial charge on any atom is 0.265 e. The van der Waals surface area contributed by atoms with Crippen LogP contribution < -0.4 is 0 Å². The predicted octanol–water partition coefficient (Wildman–Crippen LogP) is 2.69. The SMILES string of the molecule is C=C(F)OCCc1ccccc1. The molecule has 0 amide bonds. The molecule has 0 saturated carbocycles. The minimum atomic E-state index is -0.717. The smallest absolute Gasteiger partial charge is 0.265 e. The van der Waals surface area contributed by atoms with Crippen molar-refractivity contribution in [1.82, 2.24) is 0 Å². The normalized spacial score (nSPS) is 9.42. The summed E-state index contributed by atoms with van der Waals surface area (Å²) in [6.45, 7) is 3.34. The summed E-state index contributed by atoms with van der Waals surface area (Å²) in [7, 11) is 0. The fourth-order valence-corrected chi connectivity index (χ4v) is 0.924. The monoisotopic (exact) mass is 166 g/mol. The molecule has 0 aliphatic carbocycles. The van der Waals surface area contributed by atoms with Gasteiger partial charge >= 0.3 is 0 Å². The zero-order chi connectivity index (χ0) is 8.81. The Balaban J connectivity index is 2.29. The van der Waals surface area contributed by atoms with E-state index >= 15 is 0 Å². The molecule has 0 fully saturated rings. The number of halogens is 1. The van der Waals surface area contributed by atoms with Gasteiger partial charge in [-0.25, -0.2) is 0 Å². The third-order valence-corrected chi connectivity index (χ3v) is 1.49. The topological polar surface area (TPSA) is 9.23 Å². The number of hydrogen-bond donors (Lipinski definition) is 0. The first-order valence-corrected chi connectivity index (χ1v) is 3.80. The van der Waals surface area contributed by atoms with E-state index in [0.29, 0.717) is 13.0 Å². The lowest BCUT2D eigenvalue weighted by Crippen LogP contribution is -1.95. The predicted molar refractivity (Wildman–Crippen MR) is 46.3 cm³/mol. The van der Waals surface area contributed by atoms with Gasteiger partial charge in [0, 0.05) is 6.42 Å². The van der Waals surface area contributed by atoms with Crippen LogP contribution in [0.1, 0.15) is 5.56 Å². The van der Waals surface area contributed by atoms with Gasteiger partial charge in [0.15, 0.2) is 0 Å². The van der Waals surface area contributed by atoms with E-state index in [-0.39, 0.29) is 0 Å². The van der Waals surface area contributed by atoms with Crippen LogP contribution in [0.3, 0.4) is 0 Å². The molecule has 0 aromatic heterocycles. The van der Waals surface area contributed by atoms with Crippen molar-refractivity contribution in [3.63, 3.8) is 0 Å². The van der Waals surface area contributed by atoms with Gasteiger partial charge in [-0.15, -0.1) is 0 Å². The Hall–Kier alpha value is -1.31. The van der Waals surface area contributed by atoms with Crippen molar-refractivity contribution < 1.29 is 9.13 Å². The van der Waals surface area contributed by atoms with Crippen LogP contribution in [-0.2, 0) is 11.2 Å². The van der Waals surface area contributed by atoms with Crippen LogP contribution in [0.15, 0.2) is 42.9 Å². The Kier molecular flexibility index (Phi) is 3.33. The standard InChI is InChI=1S/C10H11FO/c1-9(11)12-8-7-10-5-3-2-4-6-10/h2-6H,1,7-8H2. The third-order valence-electron chi connectivity index (χ3n) is 1.49. The van der Waals surface area contributed by atoms with Crippen LogP contribution >= 0.6 is 0 Å². The van der Waals surface area contributed by atoms with Crippen LogP contribution in [0.25, 0.3) is 0 Å². The molecule has 0 heterocycles. The van der Waals surface area contributed by atoms with Gasteiger partial charge in [-0.3, -0.25) is 0 Å². The Morgan fingerprint density at radius 2 is 2.00 bits per heavy atom. The zero-order valence-corrected chi connectivity index (χ0v) is 6.79. The van der Waals surface area contributed by atoms with Crippen molar-refractivity contribution >= 4 is 0 Å². The van der Waals surface area contributed by atoms with E-state index in [1.54, 1.807) is 0 Å². The zero-order valence-electron chi connectivity index (χ0n) is 6.79. The van der Waals surface area contributed by atoms with Crippen LogP contribution in [0.5, 0.6) is 0 Å². The largest absolute Gasteiger partial charge is 0.471 e. The average Bonchev–Trinajstić information content (AvgIpc) is 2.05. The Bertz CT molecular complexity index is 243. The molecule has 1 aromatic carbocycles. The third kappa shape index (κ3) is 3.19. The molecule has 2 heteroatoms. The van der Waals surface area contributed by atoms with Crippen LogP contribution in [0.2, 0.25) is 0 Å². The number of hydrogen-bond acceptors (Lipinski definition) is 1. The second-order valence-corrected chi connectivity index (χ2v) is 2.44. The Labute approximate surface area is 71.5 Å². The van der Waals surface area contributed by atoms with E-state index in [1.807, 2.05) is 30.3 Å². The van der Waals surface area contributed by atoms with Crippen molar-refractivity contribution in [2.45, 2.75) is 6.42 Å². The van der Waals surface area contributed by atoms with Crippen LogP contribution in [0, 0.1) is 0 Å². The molecule has 0 unspecified atom stereocenters. The Morgan fingerprint density at radius 1 is 1.33 bits per heavy atom. The van der Waals surface area contributed by atoms with Gasteiger partial charge in [0.25, 0.3) is 6.01 Å². The van der Waals surface area contributed by atoms with Gasteiger partial charge in [0.05, 0.1) is 6.61 Å². The van der Waals surface area contributed by atoms with Crippen LogP contribution in [-0.4, -0.2) is 6.61 Å². The fourth-order valence-electron chi connectivity index (χ4n) is 0.924. The van der Waals surface area contributed by atoms with Gasteiger partial charge in [0.1, 0.15) is 0 Å². The van der Waals surface area contributed by atoms with Crippen molar-refractivity contribution in [3.05, 3.63) is 48.5 Å². The molecular formula is C10H11FO. The molecule has 1 aromatic rings. The lowest BCUT2D eigenvalue weighted by molar-refractivity contribution is 0.150. The van der Waals surface area contributed by atoms with E-state index in [0.717, 1.165) is 5.56 Å². The van der Waals surface area contributed by atoms with Gasteiger partial charge in [0.2, 0.25) is 0 Å². The highest BCUT2D eigenvalue weighted by atomic mass is 19.1. The first-order valence-electron chi connectivity index (χ1n) is 3.80. The molecule has 0 bridgehead atoms. The summed E-state index contributed by atoms with van der Waals surface area (Å²) in [5.41, 5.74) is 1.14. The van der Waals surface area contributed by atoms with Gasteiger partial charge in [-0.2, -0.15) is 4.39 Å². The van der Waals surface area contributed by atoms with E-state index in [4.69, 9.17) is 0 Å². The summed E-state index contributed by atoms with van der Waals surface area (Å²) in [6, 6.07) is 9.07. The molecular weight excluding hydrogens is 155 g/mol. The molecule has 64 valence electrons. The number of ether oxygens (including phenoxy) is 1. The van der Waals surface area contributed by atoms with Crippen LogP contribution in [0.4, 0.5) is 4.39 Å². The maximum absolute atomic E-state index is 12.0. The summed E-state index contributed by atoms with van der Waals surface area (Å²) >= 11 is 0. The maximum atomic E-state index is 12.0. The van der Waals surface area contributed by atoms with Crippen molar-refractivity contribution in [2.75, 3.05) is 6.61 Å². The lowest BCUT2D eigenvalue weighted by Gasteiger charge is -2.01. The number of rotatable bonds is 4. The Morgan fingerprint density at radius 3 is 2.58 bits per heavy atom. The molecule has 0 atom stereocenters. The summed E-state index contributed by atoms with van der Waals surface area (Å²) in [6.07, 6.45) is 0.712. The van der Waals surface area contributed by atoms with Gasteiger partial charge in [-0.05, 0) is 12.1 Å². The second kappa shape index (κ2) is 4.54.